The zero-order valence-corrected chi connectivity index (χ0v) is 36.0. The molecule has 5 aromatic heterocycles. The predicted octanol–water partition coefficient (Wildman–Crippen LogP) is 13.2. The Balaban J connectivity index is 0.000000128. The molecule has 0 radical (unpaired) electrons. The molecule has 68 heavy (non-hydrogen) atoms. The lowest BCUT2D eigenvalue weighted by Gasteiger charge is -2.08. The number of halogens is 3. The Bertz CT molecular complexity index is 3490. The van der Waals surface area contributed by atoms with Crippen molar-refractivity contribution < 1.29 is 32.3 Å². The SMILES string of the molecule is Fc1cnc2[nH]c3cc(OCc4ccccc4)ccc3c2c1.Fc1cncc2c1[nH]c1cc(OCc3ccccc3)ccc12.O=[N+]([O-])c1cc(OCc2ccccc2)ccc1-c1cncc(F)c1. The molecule has 336 valence electrons. The third-order valence-corrected chi connectivity index (χ3v) is 10.8. The van der Waals surface area contributed by atoms with E-state index in [1.807, 2.05) is 127 Å². The smallest absolute Gasteiger partial charge is 0.280 e. The van der Waals surface area contributed by atoms with E-state index in [0.717, 1.165) is 67.0 Å². The standard InChI is InChI=1S/C18H13FN2O3.2C18H13FN2O/c19-15-8-14(10-20-11-15)17-7-6-16(9-18(17)21(22)23)24-12-13-4-2-1-3-5-13;19-13-8-16-15-7-6-14(9-17(15)21-18(16)20-10-13)22-11-12-4-2-1-3-5-12;19-16-10-20-9-15-14-7-6-13(8-17(14)21-18(15)16)22-11-12-4-2-1-3-5-12/h1-11H,12H2;1-10H,11H2,(H,20,21);1-10,21H,11H2. The number of H-pyrrole nitrogens is 2. The van der Waals surface area contributed by atoms with Crippen LogP contribution in [0.1, 0.15) is 16.7 Å². The molecule has 14 heteroatoms. The van der Waals surface area contributed by atoms with Gasteiger partial charge in [-0.2, -0.15) is 0 Å². The molecular formula is C54H39F3N6O5. The highest BCUT2D eigenvalue weighted by molar-refractivity contribution is 6.07. The van der Waals surface area contributed by atoms with E-state index in [9.17, 15) is 23.3 Å². The van der Waals surface area contributed by atoms with Gasteiger partial charge in [0, 0.05) is 51.6 Å². The fraction of sp³-hybridized carbons (Fsp3) is 0.0556. The van der Waals surface area contributed by atoms with Gasteiger partial charge in [0.05, 0.1) is 51.7 Å². The van der Waals surface area contributed by atoms with Gasteiger partial charge in [-0.3, -0.25) is 20.1 Å². The van der Waals surface area contributed by atoms with Gasteiger partial charge < -0.3 is 24.2 Å². The number of nitro benzene ring substituents is 1. The highest BCUT2D eigenvalue weighted by atomic mass is 19.1. The first-order valence-corrected chi connectivity index (χ1v) is 21.3. The number of hydrogen-bond acceptors (Lipinski definition) is 8. The van der Waals surface area contributed by atoms with E-state index in [-0.39, 0.29) is 17.3 Å². The van der Waals surface area contributed by atoms with E-state index in [1.54, 1.807) is 12.3 Å². The van der Waals surface area contributed by atoms with Gasteiger partial charge in [-0.15, -0.1) is 0 Å². The Hall–Kier alpha value is -9.04. The molecule has 0 saturated carbocycles. The van der Waals surface area contributed by atoms with Crippen molar-refractivity contribution in [3.63, 3.8) is 0 Å². The average molecular weight is 909 g/mol. The maximum Gasteiger partial charge on any atom is 0.280 e. The quantitative estimate of drug-likeness (QED) is 0.0965. The summed E-state index contributed by atoms with van der Waals surface area (Å²) < 4.78 is 57.6. The number of fused-ring (bicyclic) bond motifs is 6. The van der Waals surface area contributed by atoms with Crippen molar-refractivity contribution in [1.82, 2.24) is 24.9 Å². The zero-order chi connectivity index (χ0) is 46.8. The number of nitrogens with zero attached hydrogens (tertiary/aromatic N) is 4. The second kappa shape index (κ2) is 20.4. The molecule has 5 heterocycles. The molecule has 0 atom stereocenters. The molecule has 0 saturated heterocycles. The molecule has 0 aliphatic heterocycles. The summed E-state index contributed by atoms with van der Waals surface area (Å²) >= 11 is 0. The highest BCUT2D eigenvalue weighted by Gasteiger charge is 2.18. The molecule has 0 spiro atoms. The molecule has 11 aromatic rings. The first kappa shape index (κ1) is 44.2. The van der Waals surface area contributed by atoms with Crippen LogP contribution in [0.5, 0.6) is 17.2 Å². The maximum absolute atomic E-state index is 13.8. The van der Waals surface area contributed by atoms with Crippen LogP contribution >= 0.6 is 0 Å². The third kappa shape index (κ3) is 10.6. The van der Waals surface area contributed by atoms with Crippen LogP contribution in [0.15, 0.2) is 189 Å². The van der Waals surface area contributed by atoms with Crippen molar-refractivity contribution in [2.75, 3.05) is 0 Å². The number of nitrogens with one attached hydrogen (secondary N) is 2. The number of ether oxygens (including phenoxy) is 3. The molecular weight excluding hydrogens is 870 g/mol. The van der Waals surface area contributed by atoms with Crippen LogP contribution in [-0.4, -0.2) is 29.8 Å². The molecule has 2 N–H and O–H groups in total. The number of benzene rings is 6. The summed E-state index contributed by atoms with van der Waals surface area (Å²) in [5, 5.41) is 14.8. The second-order valence-corrected chi connectivity index (χ2v) is 15.4. The highest BCUT2D eigenvalue weighted by Crippen LogP contribution is 2.34. The van der Waals surface area contributed by atoms with Crippen LogP contribution in [0.2, 0.25) is 0 Å². The first-order chi connectivity index (χ1) is 33.2. The average Bonchev–Trinajstić information content (AvgIpc) is 3.93. The van der Waals surface area contributed by atoms with Crippen molar-refractivity contribution >= 4 is 49.4 Å². The van der Waals surface area contributed by atoms with Crippen LogP contribution in [0.3, 0.4) is 0 Å². The maximum atomic E-state index is 13.8. The van der Waals surface area contributed by atoms with Gasteiger partial charge in [0.1, 0.15) is 54.4 Å². The monoisotopic (exact) mass is 908 g/mol. The number of pyridine rings is 3. The zero-order valence-electron chi connectivity index (χ0n) is 36.0. The van der Waals surface area contributed by atoms with Crippen LogP contribution in [0.4, 0.5) is 18.9 Å². The minimum Gasteiger partial charge on any atom is -0.489 e. The lowest BCUT2D eigenvalue weighted by molar-refractivity contribution is -0.384. The van der Waals surface area contributed by atoms with Crippen LogP contribution in [0.25, 0.3) is 54.9 Å². The van der Waals surface area contributed by atoms with E-state index in [4.69, 9.17) is 14.2 Å². The Morgan fingerprint density at radius 1 is 0.500 bits per heavy atom. The Morgan fingerprint density at radius 3 is 1.59 bits per heavy atom. The van der Waals surface area contributed by atoms with E-state index < -0.39 is 10.7 Å². The summed E-state index contributed by atoms with van der Waals surface area (Å²) in [6, 6.07) is 48.1. The fourth-order valence-electron chi connectivity index (χ4n) is 7.45. The summed E-state index contributed by atoms with van der Waals surface area (Å²) in [5.74, 6) is 0.655. The van der Waals surface area contributed by atoms with Crippen molar-refractivity contribution in [3.05, 3.63) is 233 Å². The minimum atomic E-state index is -0.550. The number of rotatable bonds is 11. The summed E-state index contributed by atoms with van der Waals surface area (Å²) in [7, 11) is 0. The lowest BCUT2D eigenvalue weighted by atomic mass is 10.1. The molecule has 11 rings (SSSR count). The summed E-state index contributed by atoms with van der Waals surface area (Å²) in [5.41, 5.74) is 6.53. The molecule has 0 fully saturated rings. The number of aromatic nitrogens is 5. The van der Waals surface area contributed by atoms with Crippen LogP contribution < -0.4 is 14.2 Å². The van der Waals surface area contributed by atoms with Crippen molar-refractivity contribution in [2.45, 2.75) is 19.8 Å². The van der Waals surface area contributed by atoms with Gasteiger partial charge in [0.25, 0.3) is 5.69 Å². The second-order valence-electron chi connectivity index (χ2n) is 15.4. The molecule has 0 amide bonds. The Kier molecular flexibility index (Phi) is 13.3. The van der Waals surface area contributed by atoms with Gasteiger partial charge in [-0.25, -0.2) is 18.2 Å². The molecule has 0 unspecified atom stereocenters. The third-order valence-electron chi connectivity index (χ3n) is 10.8. The molecule has 11 nitrogen and oxygen atoms in total. The van der Waals surface area contributed by atoms with Gasteiger partial charge >= 0.3 is 0 Å². The first-order valence-electron chi connectivity index (χ1n) is 21.3. The van der Waals surface area contributed by atoms with Crippen LogP contribution in [0, 0.1) is 27.6 Å². The van der Waals surface area contributed by atoms with E-state index in [1.165, 1.54) is 42.9 Å². The van der Waals surface area contributed by atoms with Crippen molar-refractivity contribution in [2.24, 2.45) is 0 Å². The van der Waals surface area contributed by atoms with E-state index in [0.29, 0.717) is 47.9 Å². The van der Waals surface area contributed by atoms with Crippen molar-refractivity contribution in [3.8, 4) is 28.4 Å². The van der Waals surface area contributed by atoms with Gasteiger partial charge in [-0.05, 0) is 65.2 Å². The normalized spacial score (nSPS) is 10.9. The van der Waals surface area contributed by atoms with E-state index >= 15 is 0 Å². The molecule has 0 aliphatic rings. The van der Waals surface area contributed by atoms with Gasteiger partial charge in [-0.1, -0.05) is 91.0 Å². The number of nitro groups is 1. The topological polar surface area (TPSA) is 141 Å². The summed E-state index contributed by atoms with van der Waals surface area (Å²) in [6.45, 7) is 1.32. The summed E-state index contributed by atoms with van der Waals surface area (Å²) in [4.78, 5) is 28.8. The minimum absolute atomic E-state index is 0.159. The molecule has 6 aromatic carbocycles. The van der Waals surface area contributed by atoms with E-state index in [2.05, 4.69) is 24.9 Å². The molecule has 0 aliphatic carbocycles. The Labute approximate surface area is 386 Å². The van der Waals surface area contributed by atoms with Gasteiger partial charge in [0.2, 0.25) is 0 Å². The van der Waals surface area contributed by atoms with Crippen molar-refractivity contribution in [1.29, 1.82) is 0 Å². The van der Waals surface area contributed by atoms with Crippen LogP contribution in [-0.2, 0) is 19.8 Å². The number of aromatic amines is 2. The lowest BCUT2D eigenvalue weighted by Crippen LogP contribution is -1.98. The Morgan fingerprint density at radius 2 is 1.01 bits per heavy atom. The number of hydrogen-bond donors (Lipinski definition) is 2. The largest absolute Gasteiger partial charge is 0.489 e. The van der Waals surface area contributed by atoms with Gasteiger partial charge in [0.15, 0.2) is 5.82 Å². The molecule has 0 bridgehead atoms. The summed E-state index contributed by atoms with van der Waals surface area (Å²) in [6.07, 6.45) is 6.53. The fourth-order valence-corrected chi connectivity index (χ4v) is 7.45. The predicted molar refractivity (Wildman–Crippen MR) is 256 cm³/mol.